The number of imide groups is 1. The summed E-state index contributed by atoms with van der Waals surface area (Å²) in [7, 11) is 3.07. The molecule has 0 spiro atoms. The molecule has 4 atom stereocenters. The lowest BCUT2D eigenvalue weighted by Crippen LogP contribution is -3.00. The number of carbonyl (C=O) groups is 3. The van der Waals surface area contributed by atoms with E-state index in [0.717, 1.165) is 16.9 Å². The van der Waals surface area contributed by atoms with E-state index in [9.17, 15) is 29.6 Å². The fourth-order valence-electron chi connectivity index (χ4n) is 5.82. The molecule has 2 saturated heterocycles. The summed E-state index contributed by atoms with van der Waals surface area (Å²) in [6.07, 6.45) is 1.05. The Morgan fingerprint density at radius 2 is 1.87 bits per heavy atom. The molecular formula is C26H31N5O8. The number of ether oxygens (including phenoxy) is 2. The summed E-state index contributed by atoms with van der Waals surface area (Å²) in [6.45, 7) is 1.25. The molecule has 2 aromatic rings. The van der Waals surface area contributed by atoms with E-state index in [0.29, 0.717) is 43.2 Å². The maximum Gasteiger partial charge on any atom is 0.324 e. The molecule has 4 unspecified atom stereocenters. The van der Waals surface area contributed by atoms with Crippen LogP contribution in [0, 0.1) is 11.1 Å². The number of piperidine rings is 1. The van der Waals surface area contributed by atoms with Gasteiger partial charge < -0.3 is 29.5 Å². The van der Waals surface area contributed by atoms with Crippen LogP contribution in [0.5, 0.6) is 11.5 Å². The highest BCUT2D eigenvalue weighted by Crippen LogP contribution is 2.35. The Bertz CT molecular complexity index is 1360. The third kappa shape index (κ3) is 5.07. The number of hydrogen-bond acceptors (Lipinski definition) is 8. The second-order valence-corrected chi connectivity index (χ2v) is 10.1. The Labute approximate surface area is 224 Å². The number of rotatable bonds is 8. The van der Waals surface area contributed by atoms with Crippen LogP contribution in [-0.2, 0) is 22.6 Å². The number of aromatic nitrogens is 1. The number of quaternary nitrogens is 1. The van der Waals surface area contributed by atoms with Crippen molar-refractivity contribution in [3.8, 4) is 11.5 Å². The summed E-state index contributed by atoms with van der Waals surface area (Å²) in [6, 6.07) is 6.89. The van der Waals surface area contributed by atoms with Crippen LogP contribution < -0.4 is 25.6 Å². The summed E-state index contributed by atoms with van der Waals surface area (Å²) in [4.78, 5) is 54.2. The van der Waals surface area contributed by atoms with Crippen LogP contribution in [-0.4, -0.2) is 77.3 Å². The zero-order chi connectivity index (χ0) is 27.8. The highest BCUT2D eigenvalue weighted by molar-refractivity contribution is 6.05. The fourth-order valence-corrected chi connectivity index (χ4v) is 5.82. The smallest absolute Gasteiger partial charge is 0.324 e. The Balaban J connectivity index is 1.21. The van der Waals surface area contributed by atoms with Gasteiger partial charge >= 0.3 is 11.6 Å². The Hall–Kier alpha value is -3.94. The normalized spacial score (nSPS) is 22.8. The molecule has 0 saturated carbocycles. The molecule has 4 heterocycles. The van der Waals surface area contributed by atoms with E-state index in [1.54, 1.807) is 30.2 Å². The van der Waals surface area contributed by atoms with Crippen LogP contribution in [0.25, 0.3) is 0 Å². The van der Waals surface area contributed by atoms with Crippen LogP contribution in [0.15, 0.2) is 35.1 Å². The summed E-state index contributed by atoms with van der Waals surface area (Å²) >= 11 is 0. The molecule has 4 amide bonds. The van der Waals surface area contributed by atoms with Gasteiger partial charge in [0.25, 0.3) is 5.91 Å². The van der Waals surface area contributed by atoms with Gasteiger partial charge in [0.05, 0.1) is 20.6 Å². The van der Waals surface area contributed by atoms with E-state index < -0.39 is 28.8 Å². The third-order valence-corrected chi connectivity index (χ3v) is 7.75. The maximum atomic E-state index is 13.2. The van der Waals surface area contributed by atoms with Gasteiger partial charge in [0, 0.05) is 43.9 Å². The van der Waals surface area contributed by atoms with E-state index in [1.165, 1.54) is 17.7 Å². The van der Waals surface area contributed by atoms with E-state index in [4.69, 9.17) is 9.47 Å². The van der Waals surface area contributed by atoms with Crippen molar-refractivity contribution in [2.45, 2.75) is 37.8 Å². The number of benzene rings is 1. The number of methoxy groups -OCH3 is 2. The predicted molar refractivity (Wildman–Crippen MR) is 136 cm³/mol. The largest absolute Gasteiger partial charge is 0.595 e. The number of carbonyl (C=O) groups excluding carboxylic acids is 3. The number of nitrogens with one attached hydrogen (secondary N) is 2. The van der Waals surface area contributed by atoms with Gasteiger partial charge in [-0.15, -0.1) is 0 Å². The zero-order valence-corrected chi connectivity index (χ0v) is 21.7. The first-order valence-electron chi connectivity index (χ1n) is 12.8. The highest BCUT2D eigenvalue weighted by Gasteiger charge is 2.42. The Morgan fingerprint density at radius 1 is 1.10 bits per heavy atom. The molecule has 13 heteroatoms. The van der Waals surface area contributed by atoms with Gasteiger partial charge in [0.15, 0.2) is 11.5 Å². The van der Waals surface area contributed by atoms with Gasteiger partial charge in [-0.05, 0) is 42.5 Å². The van der Waals surface area contributed by atoms with Crippen LogP contribution in [0.2, 0.25) is 0 Å². The molecule has 13 nitrogen and oxygen atoms in total. The lowest BCUT2D eigenvalue weighted by Gasteiger charge is -2.43. The van der Waals surface area contributed by atoms with Crippen molar-refractivity contribution in [1.82, 2.24) is 19.7 Å². The average Bonchev–Trinajstić information content (AvgIpc) is 3.18. The predicted octanol–water partition coefficient (Wildman–Crippen LogP) is -0.232. The van der Waals surface area contributed by atoms with Crippen molar-refractivity contribution in [1.29, 1.82) is 0 Å². The monoisotopic (exact) mass is 541 g/mol. The fraction of sp³-hybridized carbons (Fsp3) is 0.462. The van der Waals surface area contributed by atoms with Crippen molar-refractivity contribution in [2.75, 3.05) is 33.9 Å². The van der Waals surface area contributed by atoms with E-state index in [1.807, 2.05) is 6.07 Å². The maximum absolute atomic E-state index is 13.2. The number of urea groups is 1. The summed E-state index contributed by atoms with van der Waals surface area (Å²) in [5, 5.41) is 22.0. The van der Waals surface area contributed by atoms with E-state index >= 15 is 0 Å². The van der Waals surface area contributed by atoms with Gasteiger partial charge in [-0.3, -0.25) is 19.3 Å². The lowest BCUT2D eigenvalue weighted by atomic mass is 9.83. The highest BCUT2D eigenvalue weighted by atomic mass is 16.8. The van der Waals surface area contributed by atoms with Crippen LogP contribution in [0.4, 0.5) is 10.5 Å². The molecule has 208 valence electrons. The molecule has 3 aliphatic heterocycles. The number of amides is 4. The molecule has 2 bridgehead atoms. The first-order chi connectivity index (χ1) is 18.7. The van der Waals surface area contributed by atoms with Crippen molar-refractivity contribution in [3.63, 3.8) is 0 Å². The van der Waals surface area contributed by atoms with Gasteiger partial charge in [-0.2, -0.15) is 5.23 Å². The number of hydrogen-bond donors (Lipinski definition) is 3. The Kier molecular flexibility index (Phi) is 7.30. The van der Waals surface area contributed by atoms with Gasteiger partial charge in [-0.25, -0.2) is 10.0 Å². The SMILES string of the molecule is COc1ccc(CCN2C(=O)NC(CC(=O)N3CC4CC(C3)c3ccc([NH+]([O-])O)c(=O)n3C4)C2=O)cc1OC. The number of nitrogens with zero attached hydrogens (tertiary/aromatic N) is 3. The van der Waals surface area contributed by atoms with E-state index in [-0.39, 0.29) is 36.4 Å². The number of pyridine rings is 1. The minimum atomic E-state index is -1.26. The quantitative estimate of drug-likeness (QED) is 0.305. The van der Waals surface area contributed by atoms with Crippen molar-refractivity contribution in [3.05, 3.63) is 57.2 Å². The number of likely N-dealkylation sites (tertiary alicyclic amines) is 1. The third-order valence-electron chi connectivity index (χ3n) is 7.75. The minimum absolute atomic E-state index is 0.00574. The molecule has 5 rings (SSSR count). The van der Waals surface area contributed by atoms with Crippen LogP contribution in [0.3, 0.4) is 0 Å². The molecule has 3 N–H and O–H groups in total. The first kappa shape index (κ1) is 26.7. The summed E-state index contributed by atoms with van der Waals surface area (Å²) in [5.74, 6) is 0.332. The Morgan fingerprint density at radius 3 is 2.59 bits per heavy atom. The average molecular weight is 542 g/mol. The topological polar surface area (TPSA) is 158 Å². The molecule has 2 fully saturated rings. The molecule has 1 aromatic carbocycles. The molecule has 3 aliphatic rings. The van der Waals surface area contributed by atoms with Gasteiger partial charge in [0.1, 0.15) is 6.04 Å². The van der Waals surface area contributed by atoms with Crippen molar-refractivity contribution >= 4 is 23.5 Å². The van der Waals surface area contributed by atoms with Crippen LogP contribution >= 0.6 is 0 Å². The molecular weight excluding hydrogens is 510 g/mol. The molecule has 39 heavy (non-hydrogen) atoms. The summed E-state index contributed by atoms with van der Waals surface area (Å²) < 4.78 is 12.1. The van der Waals surface area contributed by atoms with E-state index in [2.05, 4.69) is 5.32 Å². The second-order valence-electron chi connectivity index (χ2n) is 10.1. The zero-order valence-electron chi connectivity index (χ0n) is 21.7. The standard InChI is InChI=1S/C26H31N5O8/c1-38-21-6-3-15(10-22(21)39-2)7-8-29-24(33)18(27-26(29)35)11-23(32)28-12-16-9-17(14-28)19-4-5-20(31(36)37)25(34)30(19)13-16/h3-6,10,16-18,31,36H,7-9,11-14H2,1-2H3,(H,27,35). The lowest BCUT2D eigenvalue weighted by molar-refractivity contribution is -0.992. The molecule has 0 radical (unpaired) electrons. The molecule has 0 aliphatic carbocycles. The van der Waals surface area contributed by atoms with Gasteiger partial charge in [-0.1, -0.05) is 6.07 Å². The number of fused-ring (bicyclic) bond motifs is 4. The second kappa shape index (κ2) is 10.7. The van der Waals surface area contributed by atoms with Crippen molar-refractivity contribution < 1.29 is 34.3 Å². The minimum Gasteiger partial charge on any atom is -0.595 e. The first-order valence-corrected chi connectivity index (χ1v) is 12.8. The van der Waals surface area contributed by atoms with Crippen LogP contribution in [0.1, 0.15) is 30.0 Å². The summed E-state index contributed by atoms with van der Waals surface area (Å²) in [5.41, 5.74) is 0.785. The van der Waals surface area contributed by atoms with Gasteiger partial charge in [0.2, 0.25) is 11.6 Å². The molecule has 1 aromatic heterocycles. The van der Waals surface area contributed by atoms with Crippen molar-refractivity contribution in [2.24, 2.45) is 5.92 Å².